The van der Waals surface area contributed by atoms with Gasteiger partial charge in [0.2, 0.25) is 5.91 Å². The van der Waals surface area contributed by atoms with Gasteiger partial charge in [-0.15, -0.1) is 11.6 Å². The lowest BCUT2D eigenvalue weighted by Crippen LogP contribution is -2.30. The molecule has 0 bridgehead atoms. The molecule has 0 aliphatic heterocycles. The summed E-state index contributed by atoms with van der Waals surface area (Å²) in [6, 6.07) is 2.10. The van der Waals surface area contributed by atoms with Gasteiger partial charge in [0.1, 0.15) is 0 Å². The van der Waals surface area contributed by atoms with Gasteiger partial charge in [0.05, 0.1) is 12.0 Å². The van der Waals surface area contributed by atoms with Crippen LogP contribution in [0.15, 0.2) is 0 Å². The zero-order valence-corrected chi connectivity index (χ0v) is 9.55. The van der Waals surface area contributed by atoms with Crippen molar-refractivity contribution in [1.29, 1.82) is 5.26 Å². The summed E-state index contributed by atoms with van der Waals surface area (Å²) in [5.74, 6) is 0.597. The van der Waals surface area contributed by atoms with Crippen LogP contribution in [0, 0.1) is 17.2 Å². The summed E-state index contributed by atoms with van der Waals surface area (Å²) >= 11 is 5.50. The third-order valence-corrected chi connectivity index (χ3v) is 2.24. The van der Waals surface area contributed by atoms with E-state index in [4.69, 9.17) is 16.9 Å². The lowest BCUT2D eigenvalue weighted by molar-refractivity contribution is -0.130. The smallest absolute Gasteiger partial charge is 0.222 e. The molecule has 4 heteroatoms. The lowest BCUT2D eigenvalue weighted by Gasteiger charge is -2.17. The van der Waals surface area contributed by atoms with E-state index in [9.17, 15) is 4.79 Å². The van der Waals surface area contributed by atoms with Crippen molar-refractivity contribution in [2.45, 2.75) is 26.2 Å². The van der Waals surface area contributed by atoms with Crippen molar-refractivity contribution < 1.29 is 4.79 Å². The van der Waals surface area contributed by atoms with Gasteiger partial charge in [-0.2, -0.15) is 5.26 Å². The highest BCUT2D eigenvalue weighted by Crippen LogP contribution is 2.03. The normalized spacial score (nSPS) is 11.9. The first-order chi connectivity index (χ1) is 6.61. The third-order valence-electron chi connectivity index (χ3n) is 1.97. The minimum absolute atomic E-state index is 0.0946. The van der Waals surface area contributed by atoms with Gasteiger partial charge in [0, 0.05) is 25.9 Å². The van der Waals surface area contributed by atoms with Crippen LogP contribution >= 0.6 is 11.6 Å². The number of nitrogens with zero attached hydrogens (tertiary/aromatic N) is 2. The van der Waals surface area contributed by atoms with Crippen molar-refractivity contribution in [2.75, 3.05) is 19.5 Å². The summed E-state index contributed by atoms with van der Waals surface area (Å²) in [6.45, 7) is 2.32. The molecular formula is C10H17ClN2O. The molecule has 0 aliphatic carbocycles. The second kappa shape index (κ2) is 7.64. The second-order valence-corrected chi connectivity index (χ2v) is 3.83. The number of hydrogen-bond acceptors (Lipinski definition) is 2. The van der Waals surface area contributed by atoms with Gasteiger partial charge in [-0.25, -0.2) is 0 Å². The van der Waals surface area contributed by atoms with Crippen molar-refractivity contribution in [1.82, 2.24) is 4.90 Å². The molecular weight excluding hydrogens is 200 g/mol. The van der Waals surface area contributed by atoms with E-state index in [2.05, 4.69) is 6.07 Å². The molecule has 0 rings (SSSR count). The van der Waals surface area contributed by atoms with Crippen molar-refractivity contribution in [3.8, 4) is 6.07 Å². The third kappa shape index (κ3) is 5.82. The van der Waals surface area contributed by atoms with Gasteiger partial charge in [-0.3, -0.25) is 4.79 Å². The quantitative estimate of drug-likeness (QED) is 0.504. The van der Waals surface area contributed by atoms with Crippen molar-refractivity contribution in [2.24, 2.45) is 5.92 Å². The predicted octanol–water partition coefficient (Wildman–Crippen LogP) is 2.01. The number of alkyl halides is 1. The Morgan fingerprint density at radius 3 is 2.71 bits per heavy atom. The average molecular weight is 217 g/mol. The number of carbonyl (C=O) groups is 1. The Bertz CT molecular complexity index is 213. The average Bonchev–Trinajstić information content (AvgIpc) is 2.17. The maximum absolute atomic E-state index is 11.4. The van der Waals surface area contributed by atoms with E-state index in [1.54, 1.807) is 11.9 Å². The highest BCUT2D eigenvalue weighted by molar-refractivity contribution is 6.17. The Labute approximate surface area is 90.6 Å². The molecule has 0 aromatic carbocycles. The fourth-order valence-electron chi connectivity index (χ4n) is 1.12. The van der Waals surface area contributed by atoms with E-state index in [1.807, 2.05) is 6.92 Å². The summed E-state index contributed by atoms with van der Waals surface area (Å²) in [7, 11) is 1.73. The van der Waals surface area contributed by atoms with Crippen LogP contribution in [0.1, 0.15) is 26.2 Å². The van der Waals surface area contributed by atoms with Gasteiger partial charge < -0.3 is 4.90 Å². The molecule has 3 nitrogen and oxygen atoms in total. The van der Waals surface area contributed by atoms with Crippen LogP contribution in [0.4, 0.5) is 0 Å². The van der Waals surface area contributed by atoms with E-state index in [0.29, 0.717) is 18.8 Å². The van der Waals surface area contributed by atoms with E-state index < -0.39 is 0 Å². The van der Waals surface area contributed by atoms with Crippen molar-refractivity contribution in [3.05, 3.63) is 0 Å². The van der Waals surface area contributed by atoms with Crippen LogP contribution in [0.3, 0.4) is 0 Å². The van der Waals surface area contributed by atoms with Crippen LogP contribution in [-0.4, -0.2) is 30.3 Å². The molecule has 1 atom stereocenters. The largest absolute Gasteiger partial charge is 0.344 e. The number of halogens is 1. The molecule has 0 saturated carbocycles. The SMILES string of the molecule is CC(C#N)CN(C)C(=O)CCCCCl. The predicted molar refractivity (Wildman–Crippen MR) is 57.0 cm³/mol. The fourth-order valence-corrected chi connectivity index (χ4v) is 1.30. The highest BCUT2D eigenvalue weighted by atomic mass is 35.5. The zero-order chi connectivity index (χ0) is 11.0. The summed E-state index contributed by atoms with van der Waals surface area (Å²) in [5, 5.41) is 8.57. The molecule has 0 radical (unpaired) electrons. The lowest BCUT2D eigenvalue weighted by atomic mass is 10.2. The fraction of sp³-hybridized carbons (Fsp3) is 0.800. The first-order valence-electron chi connectivity index (χ1n) is 4.81. The van der Waals surface area contributed by atoms with Gasteiger partial charge in [-0.1, -0.05) is 0 Å². The molecule has 0 fully saturated rings. The first-order valence-corrected chi connectivity index (χ1v) is 5.34. The minimum atomic E-state index is -0.100. The van der Waals surface area contributed by atoms with Crippen molar-refractivity contribution in [3.63, 3.8) is 0 Å². The molecule has 1 amide bonds. The standard InChI is InChI=1S/C10H17ClN2O/c1-9(7-12)8-13(2)10(14)5-3-4-6-11/h9H,3-6,8H2,1-2H3. The number of rotatable bonds is 6. The van der Waals surface area contributed by atoms with E-state index in [0.717, 1.165) is 12.8 Å². The van der Waals surface area contributed by atoms with Crippen LogP contribution in [-0.2, 0) is 4.79 Å². The number of nitriles is 1. The Hall–Kier alpha value is -0.750. The molecule has 0 heterocycles. The van der Waals surface area contributed by atoms with Crippen LogP contribution in [0.2, 0.25) is 0 Å². The summed E-state index contributed by atoms with van der Waals surface area (Å²) in [4.78, 5) is 13.1. The molecule has 1 unspecified atom stereocenters. The van der Waals surface area contributed by atoms with Crippen LogP contribution in [0.5, 0.6) is 0 Å². The van der Waals surface area contributed by atoms with Crippen molar-refractivity contribution >= 4 is 17.5 Å². The Morgan fingerprint density at radius 1 is 1.57 bits per heavy atom. The van der Waals surface area contributed by atoms with Gasteiger partial charge in [-0.05, 0) is 19.8 Å². The van der Waals surface area contributed by atoms with E-state index in [1.165, 1.54) is 0 Å². The Balaban J connectivity index is 3.71. The molecule has 0 N–H and O–H groups in total. The number of unbranched alkanes of at least 4 members (excludes halogenated alkanes) is 1. The summed E-state index contributed by atoms with van der Waals surface area (Å²) in [5.41, 5.74) is 0. The van der Waals surface area contributed by atoms with Gasteiger partial charge in [0.25, 0.3) is 0 Å². The topological polar surface area (TPSA) is 44.1 Å². The summed E-state index contributed by atoms with van der Waals surface area (Å²) in [6.07, 6.45) is 2.23. The van der Waals surface area contributed by atoms with Crippen LogP contribution < -0.4 is 0 Å². The Morgan fingerprint density at radius 2 is 2.21 bits per heavy atom. The monoisotopic (exact) mass is 216 g/mol. The first kappa shape index (κ1) is 13.2. The van der Waals surface area contributed by atoms with Crippen LogP contribution in [0.25, 0.3) is 0 Å². The number of amides is 1. The minimum Gasteiger partial charge on any atom is -0.344 e. The maximum atomic E-state index is 11.4. The Kier molecular flexibility index (Phi) is 7.23. The van der Waals surface area contributed by atoms with Gasteiger partial charge in [0.15, 0.2) is 0 Å². The maximum Gasteiger partial charge on any atom is 0.222 e. The molecule has 0 saturated heterocycles. The number of carbonyl (C=O) groups excluding carboxylic acids is 1. The molecule has 0 spiro atoms. The molecule has 0 aliphatic rings. The zero-order valence-electron chi connectivity index (χ0n) is 8.79. The van der Waals surface area contributed by atoms with E-state index in [-0.39, 0.29) is 11.8 Å². The second-order valence-electron chi connectivity index (χ2n) is 3.45. The number of hydrogen-bond donors (Lipinski definition) is 0. The molecule has 0 aromatic heterocycles. The van der Waals surface area contributed by atoms with E-state index >= 15 is 0 Å². The highest BCUT2D eigenvalue weighted by Gasteiger charge is 2.10. The molecule has 14 heavy (non-hydrogen) atoms. The van der Waals surface area contributed by atoms with Gasteiger partial charge >= 0.3 is 0 Å². The summed E-state index contributed by atoms with van der Waals surface area (Å²) < 4.78 is 0. The molecule has 80 valence electrons. The molecule has 0 aromatic rings.